The molecule has 206 valence electrons. The molecule has 1 rings (SSSR count). The Hall–Kier alpha value is -2.19. The minimum Gasteiger partial charge on any atom is -0.480 e. The highest BCUT2D eigenvalue weighted by Crippen LogP contribution is 2.57. The number of carbonyl (C=O) groups excluding carboxylic acids is 4. The molecule has 1 aliphatic rings. The van der Waals surface area contributed by atoms with Crippen LogP contribution in [-0.4, -0.2) is 79.1 Å². The number of methoxy groups -OCH3 is 1. The van der Waals surface area contributed by atoms with Gasteiger partial charge in [0.1, 0.15) is 6.04 Å². The second-order valence-electron chi connectivity index (χ2n) is 9.37. The lowest BCUT2D eigenvalue weighted by Gasteiger charge is -2.39. The smallest absolute Gasteiger partial charge is 0.478 e. The first-order valence-corrected chi connectivity index (χ1v) is 13.2. The number of hydrogen-bond donors (Lipinski definition) is 3. The van der Waals surface area contributed by atoms with Gasteiger partial charge in [-0.2, -0.15) is 0 Å². The normalized spacial score (nSPS) is 22.1. The Labute approximate surface area is 213 Å². The zero-order chi connectivity index (χ0) is 27.7. The second kappa shape index (κ2) is 13.4. The molecule has 1 aliphatic heterocycles. The summed E-state index contributed by atoms with van der Waals surface area (Å²) >= 11 is 0.749. The van der Waals surface area contributed by atoms with Gasteiger partial charge < -0.3 is 25.2 Å². The zero-order valence-electron chi connectivity index (χ0n) is 21.0. The molecule has 0 aromatic rings. The van der Waals surface area contributed by atoms with E-state index in [9.17, 15) is 33.6 Å². The Morgan fingerprint density at radius 1 is 1.22 bits per heavy atom. The molecule has 0 aliphatic carbocycles. The number of esters is 1. The van der Waals surface area contributed by atoms with Crippen molar-refractivity contribution in [1.29, 1.82) is 0 Å². The molecule has 0 radical (unpaired) electrons. The number of carboxylic acids is 1. The molecule has 3 atom stereocenters. The lowest BCUT2D eigenvalue weighted by molar-refractivity contribution is -0.144. The van der Waals surface area contributed by atoms with Crippen molar-refractivity contribution in [2.75, 3.05) is 32.8 Å². The summed E-state index contributed by atoms with van der Waals surface area (Å²) in [5.74, 6) is -2.83. The molecule has 16 heteroatoms. The van der Waals surface area contributed by atoms with E-state index >= 15 is 0 Å². The summed E-state index contributed by atoms with van der Waals surface area (Å²) in [6.07, 6.45) is -2.58. The molecule has 3 N–H and O–H groups in total. The van der Waals surface area contributed by atoms with Crippen LogP contribution in [0.3, 0.4) is 0 Å². The van der Waals surface area contributed by atoms with Crippen LogP contribution >= 0.6 is 19.6 Å². The third kappa shape index (κ3) is 10.4. The summed E-state index contributed by atoms with van der Waals surface area (Å²) in [5, 5.41) is 13.5. The monoisotopic (exact) mass is 556 g/mol. The average Bonchev–Trinajstić information content (AvgIpc) is 2.77. The van der Waals surface area contributed by atoms with Gasteiger partial charge in [-0.3, -0.25) is 23.4 Å². The lowest BCUT2D eigenvalue weighted by atomic mass is 9.87. The Morgan fingerprint density at radius 2 is 1.86 bits per heavy atom. The Morgan fingerprint density at radius 3 is 2.42 bits per heavy atom. The number of nitrogens with one attached hydrogen (secondary N) is 2. The van der Waals surface area contributed by atoms with Gasteiger partial charge >= 0.3 is 25.9 Å². The van der Waals surface area contributed by atoms with Crippen LogP contribution in [0.4, 0.5) is 4.79 Å². The third-order valence-corrected chi connectivity index (χ3v) is 7.33. The van der Waals surface area contributed by atoms with Crippen LogP contribution in [-0.2, 0) is 46.8 Å². The van der Waals surface area contributed by atoms with E-state index in [1.54, 1.807) is 34.6 Å². The molecule has 0 saturated carbocycles. The number of ether oxygens (including phenoxy) is 2. The first kappa shape index (κ1) is 31.8. The molecule has 1 fully saturated rings. The van der Waals surface area contributed by atoms with Crippen LogP contribution in [0.15, 0.2) is 0 Å². The number of thioether (sulfide) groups is 1. The van der Waals surface area contributed by atoms with E-state index in [1.807, 2.05) is 0 Å². The van der Waals surface area contributed by atoms with E-state index < -0.39 is 61.5 Å². The summed E-state index contributed by atoms with van der Waals surface area (Å²) in [4.78, 5) is 59.1. The van der Waals surface area contributed by atoms with Gasteiger partial charge in [0.15, 0.2) is 11.2 Å². The van der Waals surface area contributed by atoms with Crippen molar-refractivity contribution in [2.45, 2.75) is 53.2 Å². The topological polar surface area (TPSA) is 193 Å². The lowest BCUT2D eigenvalue weighted by Crippen LogP contribution is -2.50. The maximum Gasteiger partial charge on any atom is 0.478 e. The van der Waals surface area contributed by atoms with E-state index in [2.05, 4.69) is 15.4 Å². The van der Waals surface area contributed by atoms with Crippen molar-refractivity contribution in [2.24, 2.45) is 10.8 Å². The molecule has 0 spiro atoms. The van der Waals surface area contributed by atoms with Crippen LogP contribution in [0.2, 0.25) is 0 Å². The number of rotatable bonds is 11. The van der Waals surface area contributed by atoms with Gasteiger partial charge in [0.05, 0.1) is 20.1 Å². The van der Waals surface area contributed by atoms with E-state index in [0.29, 0.717) is 0 Å². The first-order valence-electron chi connectivity index (χ1n) is 10.8. The average molecular weight is 557 g/mol. The van der Waals surface area contributed by atoms with E-state index in [0.717, 1.165) is 11.8 Å². The number of carboxylic acid groups (broad SMARTS) is 1. The van der Waals surface area contributed by atoms with Crippen LogP contribution in [0, 0.1) is 10.8 Å². The Balaban J connectivity index is 2.61. The van der Waals surface area contributed by atoms with Crippen molar-refractivity contribution >= 4 is 48.6 Å². The van der Waals surface area contributed by atoms with Gasteiger partial charge in [-0.25, -0.2) is 18.7 Å². The molecular formula is C20H33N2O12PS. The highest BCUT2D eigenvalue weighted by molar-refractivity contribution is 8.13. The maximum absolute atomic E-state index is 12.8. The SMILES string of the molecule is COC(=O)CCNC(=O)[C@@H]1OP(=O)(OCOC(=O)NC(CSC(=O)C(C)(C)C)C(=O)O)OCC1(C)C. The van der Waals surface area contributed by atoms with Gasteiger partial charge in [-0.15, -0.1) is 0 Å². The number of amides is 2. The van der Waals surface area contributed by atoms with Crippen LogP contribution < -0.4 is 10.6 Å². The highest BCUT2D eigenvalue weighted by atomic mass is 32.2. The number of phosphoric ester groups is 1. The maximum atomic E-state index is 12.8. The highest BCUT2D eigenvalue weighted by Gasteiger charge is 2.49. The molecule has 1 saturated heterocycles. The number of alkyl carbamates (subject to hydrolysis) is 1. The number of aliphatic carboxylic acids is 1. The molecule has 0 aromatic heterocycles. The second-order valence-corrected chi connectivity index (χ2v) is 12.0. The van der Waals surface area contributed by atoms with Gasteiger partial charge in [0, 0.05) is 23.1 Å². The van der Waals surface area contributed by atoms with Crippen LogP contribution in [0.25, 0.3) is 0 Å². The number of hydrogen-bond acceptors (Lipinski definition) is 12. The van der Waals surface area contributed by atoms with Crippen molar-refractivity contribution in [3.63, 3.8) is 0 Å². The van der Waals surface area contributed by atoms with Gasteiger partial charge in [-0.05, 0) is 0 Å². The zero-order valence-corrected chi connectivity index (χ0v) is 22.7. The number of phosphoric acid groups is 1. The van der Waals surface area contributed by atoms with Crippen molar-refractivity contribution in [3.8, 4) is 0 Å². The largest absolute Gasteiger partial charge is 0.480 e. The number of carbonyl (C=O) groups is 5. The fourth-order valence-electron chi connectivity index (χ4n) is 2.45. The van der Waals surface area contributed by atoms with Gasteiger partial charge in [0.25, 0.3) is 0 Å². The first-order chi connectivity index (χ1) is 16.5. The summed E-state index contributed by atoms with van der Waals surface area (Å²) in [5.41, 5.74) is -1.61. The third-order valence-electron chi connectivity index (χ3n) is 4.62. The van der Waals surface area contributed by atoms with Crippen molar-refractivity contribution < 1.29 is 56.7 Å². The predicted octanol–water partition coefficient (Wildman–Crippen LogP) is 1.67. The Kier molecular flexibility index (Phi) is 11.8. The fraction of sp³-hybridized carbons (Fsp3) is 0.750. The van der Waals surface area contributed by atoms with Crippen LogP contribution in [0.5, 0.6) is 0 Å². The quantitative estimate of drug-likeness (QED) is 0.189. The molecule has 2 amide bonds. The van der Waals surface area contributed by atoms with Crippen molar-refractivity contribution in [1.82, 2.24) is 10.6 Å². The summed E-state index contributed by atoms with van der Waals surface area (Å²) in [6, 6.07) is -1.44. The molecular weight excluding hydrogens is 523 g/mol. The standard InChI is InChI=1S/C20H33N2O12PS/c1-19(2,3)17(27)36-9-12(16(25)26)22-18(28)31-11-33-35(29)32-10-20(4,5)14(34-35)15(24)21-8-7-13(23)30-6/h12,14H,7-11H2,1-6H3,(H,21,24)(H,22,28)(H,25,26)/t12?,14-,35?/m0/s1. The predicted molar refractivity (Wildman–Crippen MR) is 126 cm³/mol. The summed E-state index contributed by atoms with van der Waals surface area (Å²) in [6.45, 7) is 7.08. The summed E-state index contributed by atoms with van der Waals surface area (Å²) in [7, 11) is -3.13. The van der Waals surface area contributed by atoms with E-state index in [-0.39, 0.29) is 30.4 Å². The van der Waals surface area contributed by atoms with Crippen molar-refractivity contribution in [3.05, 3.63) is 0 Å². The summed E-state index contributed by atoms with van der Waals surface area (Å²) < 4.78 is 37.3. The van der Waals surface area contributed by atoms with E-state index in [1.165, 1.54) is 7.11 Å². The molecule has 0 aromatic carbocycles. The van der Waals surface area contributed by atoms with Crippen LogP contribution in [0.1, 0.15) is 41.0 Å². The fourth-order valence-corrected chi connectivity index (χ4v) is 4.94. The Bertz CT molecular complexity index is 888. The minimum absolute atomic E-state index is 0.0406. The van der Waals surface area contributed by atoms with Gasteiger partial charge in [-0.1, -0.05) is 46.4 Å². The molecule has 1 heterocycles. The van der Waals surface area contributed by atoms with E-state index in [4.69, 9.17) is 18.3 Å². The minimum atomic E-state index is -4.34. The molecule has 2 unspecified atom stereocenters. The van der Waals surface area contributed by atoms with Gasteiger partial charge in [0.2, 0.25) is 12.7 Å². The molecule has 0 bridgehead atoms. The molecule has 36 heavy (non-hydrogen) atoms. The molecule has 14 nitrogen and oxygen atoms in total.